The van der Waals surface area contributed by atoms with E-state index < -0.39 is 17.7 Å². The maximum absolute atomic E-state index is 13.1. The van der Waals surface area contributed by atoms with Crippen LogP contribution in [-0.2, 0) is 5.92 Å². The van der Waals surface area contributed by atoms with Crippen molar-refractivity contribution in [2.75, 3.05) is 0 Å². The van der Waals surface area contributed by atoms with E-state index in [1.54, 1.807) is 0 Å². The van der Waals surface area contributed by atoms with Gasteiger partial charge >= 0.3 is 12.1 Å². The summed E-state index contributed by atoms with van der Waals surface area (Å²) >= 11 is 0. The van der Waals surface area contributed by atoms with Crippen molar-refractivity contribution in [2.24, 2.45) is 11.8 Å². The van der Waals surface area contributed by atoms with Crippen molar-refractivity contribution in [1.29, 1.82) is 0 Å². The van der Waals surface area contributed by atoms with Gasteiger partial charge < -0.3 is 0 Å². The molecule has 0 aliphatic heterocycles. The molecule has 0 saturated heterocycles. The van der Waals surface area contributed by atoms with Crippen molar-refractivity contribution in [3.63, 3.8) is 0 Å². The van der Waals surface area contributed by atoms with Crippen LogP contribution < -0.4 is 0 Å². The van der Waals surface area contributed by atoms with Crippen LogP contribution in [0.3, 0.4) is 0 Å². The molecule has 5 heteroatoms. The number of benzene rings is 1. The van der Waals surface area contributed by atoms with Crippen LogP contribution >= 0.6 is 0 Å². The lowest BCUT2D eigenvalue weighted by Gasteiger charge is -2.22. The largest absolute Gasteiger partial charge is 0.458 e. The van der Waals surface area contributed by atoms with Gasteiger partial charge in [0.15, 0.2) is 0 Å². The lowest BCUT2D eigenvalue weighted by atomic mass is 9.83. The standard InChI is InChI=1S/C17H17F5/c1-12-2-4-13(5-3-12)6-7-14-8-10-15(11-9-14)16(18,19)17(20,21)22/h8-13H,2-5H2,1H3. The summed E-state index contributed by atoms with van der Waals surface area (Å²) in [5, 5.41) is 0. The molecule has 0 N–H and O–H groups in total. The van der Waals surface area contributed by atoms with Crippen molar-refractivity contribution in [3.8, 4) is 11.8 Å². The number of rotatable bonds is 1. The van der Waals surface area contributed by atoms with E-state index in [9.17, 15) is 22.0 Å². The first-order chi connectivity index (χ1) is 10.2. The number of hydrogen-bond donors (Lipinski definition) is 0. The second kappa shape index (κ2) is 6.28. The smallest absolute Gasteiger partial charge is 0.191 e. The lowest BCUT2D eigenvalue weighted by molar-refractivity contribution is -0.289. The molecular weight excluding hydrogens is 299 g/mol. The summed E-state index contributed by atoms with van der Waals surface area (Å²) in [6.07, 6.45) is -1.32. The minimum absolute atomic E-state index is 0.285. The van der Waals surface area contributed by atoms with Crippen LogP contribution in [-0.4, -0.2) is 6.18 Å². The van der Waals surface area contributed by atoms with Gasteiger partial charge in [-0.3, -0.25) is 0 Å². The quantitative estimate of drug-likeness (QED) is 0.473. The van der Waals surface area contributed by atoms with Crippen LogP contribution in [0.5, 0.6) is 0 Å². The molecule has 0 amide bonds. The van der Waals surface area contributed by atoms with Gasteiger partial charge in [0, 0.05) is 17.0 Å². The van der Waals surface area contributed by atoms with Crippen LogP contribution in [0.1, 0.15) is 43.7 Å². The molecule has 22 heavy (non-hydrogen) atoms. The van der Waals surface area contributed by atoms with Gasteiger partial charge in [-0.15, -0.1) is 0 Å². The van der Waals surface area contributed by atoms with Crippen molar-refractivity contribution in [1.82, 2.24) is 0 Å². The molecule has 1 fully saturated rings. The highest BCUT2D eigenvalue weighted by molar-refractivity contribution is 5.38. The van der Waals surface area contributed by atoms with Gasteiger partial charge in [-0.05, 0) is 43.7 Å². The Bertz CT molecular complexity index is 551. The molecule has 1 aromatic carbocycles. The molecule has 0 atom stereocenters. The highest BCUT2D eigenvalue weighted by atomic mass is 19.4. The Morgan fingerprint density at radius 1 is 0.909 bits per heavy atom. The van der Waals surface area contributed by atoms with Crippen LogP contribution in [0.25, 0.3) is 0 Å². The molecule has 1 saturated carbocycles. The van der Waals surface area contributed by atoms with Gasteiger partial charge in [0.05, 0.1) is 0 Å². The molecule has 1 aliphatic rings. The van der Waals surface area contributed by atoms with Crippen LogP contribution in [0, 0.1) is 23.7 Å². The Morgan fingerprint density at radius 3 is 1.95 bits per heavy atom. The first-order valence-electron chi connectivity index (χ1n) is 7.27. The van der Waals surface area contributed by atoms with E-state index in [4.69, 9.17) is 0 Å². The number of hydrogen-bond acceptors (Lipinski definition) is 0. The Kier molecular flexibility index (Phi) is 4.79. The van der Waals surface area contributed by atoms with Crippen LogP contribution in [0.15, 0.2) is 24.3 Å². The predicted octanol–water partition coefficient (Wildman–Crippen LogP) is 5.52. The fourth-order valence-corrected chi connectivity index (χ4v) is 2.52. The van der Waals surface area contributed by atoms with Crippen molar-refractivity contribution in [2.45, 2.75) is 44.7 Å². The number of halogens is 5. The molecular formula is C17H17F5. The first kappa shape index (κ1) is 16.8. The molecule has 120 valence electrons. The Balaban J connectivity index is 2.07. The molecule has 0 radical (unpaired) electrons. The Labute approximate surface area is 126 Å². The minimum Gasteiger partial charge on any atom is -0.191 e. The zero-order valence-electron chi connectivity index (χ0n) is 12.2. The molecule has 0 aromatic heterocycles. The van der Waals surface area contributed by atoms with E-state index in [2.05, 4.69) is 18.8 Å². The summed E-state index contributed by atoms with van der Waals surface area (Å²) in [6.45, 7) is 2.20. The van der Waals surface area contributed by atoms with E-state index in [1.165, 1.54) is 12.1 Å². The van der Waals surface area contributed by atoms with Crippen molar-refractivity contribution < 1.29 is 22.0 Å². The highest BCUT2D eigenvalue weighted by Gasteiger charge is 2.58. The van der Waals surface area contributed by atoms with Gasteiger partial charge in [0.2, 0.25) is 0 Å². The van der Waals surface area contributed by atoms with Gasteiger partial charge in [-0.2, -0.15) is 22.0 Å². The molecule has 1 aliphatic carbocycles. The summed E-state index contributed by atoms with van der Waals surface area (Å²) in [5.41, 5.74) is -0.600. The SMILES string of the molecule is CC1CCC(C#Cc2ccc(C(F)(F)C(F)(F)F)cc2)CC1. The van der Waals surface area contributed by atoms with E-state index in [-0.39, 0.29) is 5.92 Å². The van der Waals surface area contributed by atoms with Gasteiger partial charge in [0.25, 0.3) is 0 Å². The van der Waals surface area contributed by atoms with Gasteiger partial charge in [0.1, 0.15) is 0 Å². The minimum atomic E-state index is -5.58. The van der Waals surface area contributed by atoms with Gasteiger partial charge in [-0.1, -0.05) is 30.9 Å². The summed E-state index contributed by atoms with van der Waals surface area (Å²) < 4.78 is 63.1. The maximum Gasteiger partial charge on any atom is 0.458 e. The molecule has 0 unspecified atom stereocenters. The average Bonchev–Trinajstić information content (AvgIpc) is 2.46. The van der Waals surface area contributed by atoms with E-state index in [1.807, 2.05) is 0 Å². The Morgan fingerprint density at radius 2 is 1.45 bits per heavy atom. The van der Waals surface area contributed by atoms with E-state index in [0.717, 1.165) is 37.8 Å². The maximum atomic E-state index is 13.1. The van der Waals surface area contributed by atoms with Crippen LogP contribution in [0.2, 0.25) is 0 Å². The monoisotopic (exact) mass is 316 g/mol. The summed E-state index contributed by atoms with van der Waals surface area (Å²) in [5.74, 6) is 2.12. The third kappa shape index (κ3) is 3.79. The summed E-state index contributed by atoms with van der Waals surface area (Å²) in [7, 11) is 0. The molecule has 0 bridgehead atoms. The summed E-state index contributed by atoms with van der Waals surface area (Å²) in [6, 6.07) is 4.02. The van der Waals surface area contributed by atoms with E-state index >= 15 is 0 Å². The second-order valence-corrected chi connectivity index (χ2v) is 5.88. The van der Waals surface area contributed by atoms with Crippen molar-refractivity contribution >= 4 is 0 Å². The Hall–Kier alpha value is -1.57. The fraction of sp³-hybridized carbons (Fsp3) is 0.529. The normalized spacial score (nSPS) is 22.8. The third-order valence-electron chi connectivity index (χ3n) is 4.04. The predicted molar refractivity (Wildman–Crippen MR) is 74.4 cm³/mol. The third-order valence-corrected chi connectivity index (χ3v) is 4.04. The van der Waals surface area contributed by atoms with Gasteiger partial charge in [-0.25, -0.2) is 0 Å². The topological polar surface area (TPSA) is 0 Å². The number of alkyl halides is 5. The first-order valence-corrected chi connectivity index (χ1v) is 7.27. The molecule has 0 heterocycles. The average molecular weight is 316 g/mol. The molecule has 0 nitrogen and oxygen atoms in total. The lowest BCUT2D eigenvalue weighted by Crippen LogP contribution is -2.33. The molecule has 0 spiro atoms. The van der Waals surface area contributed by atoms with Crippen LogP contribution in [0.4, 0.5) is 22.0 Å². The van der Waals surface area contributed by atoms with Crippen molar-refractivity contribution in [3.05, 3.63) is 35.4 Å². The molecule has 2 rings (SSSR count). The fourth-order valence-electron chi connectivity index (χ4n) is 2.52. The second-order valence-electron chi connectivity index (χ2n) is 5.88. The molecule has 1 aromatic rings. The zero-order chi connectivity index (χ0) is 16.4. The highest BCUT2D eigenvalue weighted by Crippen LogP contribution is 2.43. The van der Waals surface area contributed by atoms with E-state index in [0.29, 0.717) is 11.5 Å². The zero-order valence-corrected chi connectivity index (χ0v) is 12.2. The summed E-state index contributed by atoms with van der Waals surface area (Å²) in [4.78, 5) is 0.